The quantitative estimate of drug-likeness (QED) is 0.526. The summed E-state index contributed by atoms with van der Waals surface area (Å²) in [5.41, 5.74) is 4.67. The maximum atomic E-state index is 5.42. The zero-order valence-electron chi connectivity index (χ0n) is 11.9. The van der Waals surface area contributed by atoms with E-state index in [1.807, 2.05) is 19.1 Å². The maximum Gasteiger partial charge on any atom is 0.189 e. The smallest absolute Gasteiger partial charge is 0.189 e. The highest BCUT2D eigenvalue weighted by Crippen LogP contribution is 2.09. The lowest BCUT2D eigenvalue weighted by Crippen LogP contribution is -2.38. The van der Waals surface area contributed by atoms with Crippen molar-refractivity contribution in [2.24, 2.45) is 5.10 Å². The van der Waals surface area contributed by atoms with Gasteiger partial charge in [0.1, 0.15) is 5.69 Å². The highest BCUT2D eigenvalue weighted by Gasteiger charge is 2.12. The fraction of sp³-hybridized carbons (Fsp3) is 0.571. The van der Waals surface area contributed by atoms with Crippen LogP contribution in [0.5, 0.6) is 0 Å². The SMILES string of the molecule is CC/C(=N\NC(=S)N1CCCCCC1)c1cccnn1. The van der Waals surface area contributed by atoms with Gasteiger partial charge in [-0.2, -0.15) is 10.2 Å². The Kier molecular flexibility index (Phi) is 5.86. The lowest BCUT2D eigenvalue weighted by atomic mass is 10.2. The van der Waals surface area contributed by atoms with Crippen LogP contribution in [-0.2, 0) is 0 Å². The molecule has 0 atom stereocenters. The number of hydrazone groups is 1. The largest absolute Gasteiger partial charge is 0.348 e. The molecular formula is C14H21N5S. The molecule has 0 amide bonds. The molecule has 0 bridgehead atoms. The average Bonchev–Trinajstić information content (AvgIpc) is 2.78. The fourth-order valence-electron chi connectivity index (χ4n) is 2.23. The van der Waals surface area contributed by atoms with E-state index in [0.29, 0.717) is 5.11 Å². The van der Waals surface area contributed by atoms with E-state index >= 15 is 0 Å². The van der Waals surface area contributed by atoms with Gasteiger partial charge in [-0.05, 0) is 43.6 Å². The van der Waals surface area contributed by atoms with E-state index in [2.05, 4.69) is 25.6 Å². The van der Waals surface area contributed by atoms with Crippen LogP contribution < -0.4 is 5.43 Å². The van der Waals surface area contributed by atoms with E-state index in [9.17, 15) is 0 Å². The molecule has 2 heterocycles. The zero-order valence-corrected chi connectivity index (χ0v) is 12.7. The van der Waals surface area contributed by atoms with Gasteiger partial charge in [-0.15, -0.1) is 5.10 Å². The Labute approximate surface area is 125 Å². The summed E-state index contributed by atoms with van der Waals surface area (Å²) in [6.45, 7) is 4.09. The van der Waals surface area contributed by atoms with Gasteiger partial charge in [0.2, 0.25) is 0 Å². The Hall–Kier alpha value is -1.56. The van der Waals surface area contributed by atoms with E-state index in [-0.39, 0.29) is 0 Å². The molecular weight excluding hydrogens is 270 g/mol. The van der Waals surface area contributed by atoms with E-state index in [1.54, 1.807) is 6.20 Å². The third kappa shape index (κ3) is 4.23. The molecule has 2 rings (SSSR count). The summed E-state index contributed by atoms with van der Waals surface area (Å²) in [5.74, 6) is 0. The Balaban J connectivity index is 1.97. The van der Waals surface area contributed by atoms with Crippen molar-refractivity contribution in [3.05, 3.63) is 24.0 Å². The van der Waals surface area contributed by atoms with Crippen LogP contribution in [0.15, 0.2) is 23.4 Å². The van der Waals surface area contributed by atoms with Crippen molar-refractivity contribution < 1.29 is 0 Å². The normalized spacial score (nSPS) is 16.6. The summed E-state index contributed by atoms with van der Waals surface area (Å²) in [4.78, 5) is 2.20. The Morgan fingerprint density at radius 2 is 2.10 bits per heavy atom. The molecule has 1 aromatic rings. The van der Waals surface area contributed by atoms with Gasteiger partial charge in [0.25, 0.3) is 0 Å². The van der Waals surface area contributed by atoms with Gasteiger partial charge in [-0.1, -0.05) is 19.8 Å². The molecule has 0 unspecified atom stereocenters. The van der Waals surface area contributed by atoms with Gasteiger partial charge in [0.05, 0.1) is 5.71 Å². The fourth-order valence-corrected chi connectivity index (χ4v) is 2.46. The molecule has 0 spiro atoms. The van der Waals surface area contributed by atoms with Gasteiger partial charge < -0.3 is 4.90 Å². The molecule has 1 saturated heterocycles. The van der Waals surface area contributed by atoms with Crippen molar-refractivity contribution in [2.45, 2.75) is 39.0 Å². The molecule has 0 saturated carbocycles. The molecule has 1 aromatic heterocycles. The molecule has 6 heteroatoms. The number of hydrogen-bond acceptors (Lipinski definition) is 4. The minimum atomic E-state index is 0.710. The summed E-state index contributed by atoms with van der Waals surface area (Å²) in [5, 5.41) is 13.1. The summed E-state index contributed by atoms with van der Waals surface area (Å²) in [7, 11) is 0. The van der Waals surface area contributed by atoms with Crippen LogP contribution >= 0.6 is 12.2 Å². The summed E-state index contributed by atoms with van der Waals surface area (Å²) >= 11 is 5.42. The summed E-state index contributed by atoms with van der Waals surface area (Å²) in [6.07, 6.45) is 7.44. The molecule has 20 heavy (non-hydrogen) atoms. The molecule has 0 aliphatic carbocycles. The second-order valence-electron chi connectivity index (χ2n) is 4.84. The maximum absolute atomic E-state index is 5.42. The highest BCUT2D eigenvalue weighted by atomic mass is 32.1. The number of nitrogens with one attached hydrogen (secondary N) is 1. The molecule has 0 radical (unpaired) electrons. The van der Waals surface area contributed by atoms with Crippen LogP contribution in [0.25, 0.3) is 0 Å². The van der Waals surface area contributed by atoms with Crippen molar-refractivity contribution in [1.29, 1.82) is 0 Å². The number of nitrogens with zero attached hydrogens (tertiary/aromatic N) is 4. The first-order chi connectivity index (χ1) is 9.81. The van der Waals surface area contributed by atoms with Gasteiger partial charge in [-0.3, -0.25) is 5.43 Å². The predicted molar refractivity (Wildman–Crippen MR) is 84.6 cm³/mol. The molecule has 1 N–H and O–H groups in total. The topological polar surface area (TPSA) is 53.4 Å². The van der Waals surface area contributed by atoms with Crippen LogP contribution in [0.4, 0.5) is 0 Å². The van der Waals surface area contributed by atoms with Crippen LogP contribution in [0.1, 0.15) is 44.7 Å². The van der Waals surface area contributed by atoms with Crippen molar-refractivity contribution in [2.75, 3.05) is 13.1 Å². The van der Waals surface area contributed by atoms with Gasteiger partial charge in [0.15, 0.2) is 5.11 Å². The lowest BCUT2D eigenvalue weighted by Gasteiger charge is -2.22. The average molecular weight is 291 g/mol. The van der Waals surface area contributed by atoms with Crippen molar-refractivity contribution in [3.63, 3.8) is 0 Å². The van der Waals surface area contributed by atoms with Crippen LogP contribution in [0.2, 0.25) is 0 Å². The van der Waals surface area contributed by atoms with E-state index in [1.165, 1.54) is 25.7 Å². The summed E-state index contributed by atoms with van der Waals surface area (Å²) in [6, 6.07) is 3.77. The van der Waals surface area contributed by atoms with Gasteiger partial charge in [0, 0.05) is 19.3 Å². The van der Waals surface area contributed by atoms with Crippen molar-refractivity contribution in [1.82, 2.24) is 20.5 Å². The van der Waals surface area contributed by atoms with Crippen LogP contribution in [-0.4, -0.2) is 39.0 Å². The molecule has 108 valence electrons. The standard InChI is InChI=1S/C14H21N5S/c1-2-12(13-8-7-9-15-16-13)17-18-14(20)19-10-5-3-4-6-11-19/h7-9H,2-6,10-11H2,1H3,(H,18,20)/b17-12+. The van der Waals surface area contributed by atoms with Gasteiger partial charge in [-0.25, -0.2) is 0 Å². The summed E-state index contributed by atoms with van der Waals surface area (Å²) < 4.78 is 0. The van der Waals surface area contributed by atoms with Crippen molar-refractivity contribution >= 4 is 23.0 Å². The molecule has 0 aromatic carbocycles. The molecule has 5 nitrogen and oxygen atoms in total. The Morgan fingerprint density at radius 1 is 1.35 bits per heavy atom. The first-order valence-electron chi connectivity index (χ1n) is 7.21. The lowest BCUT2D eigenvalue weighted by molar-refractivity contribution is 0.428. The number of rotatable bonds is 3. The second-order valence-corrected chi connectivity index (χ2v) is 5.23. The van der Waals surface area contributed by atoms with E-state index in [4.69, 9.17) is 12.2 Å². The van der Waals surface area contributed by atoms with Crippen molar-refractivity contribution in [3.8, 4) is 0 Å². The monoisotopic (exact) mass is 291 g/mol. The van der Waals surface area contributed by atoms with E-state index < -0.39 is 0 Å². The third-order valence-corrected chi connectivity index (χ3v) is 3.73. The first-order valence-corrected chi connectivity index (χ1v) is 7.61. The van der Waals surface area contributed by atoms with E-state index in [0.717, 1.165) is 30.9 Å². The molecule has 1 aliphatic rings. The van der Waals surface area contributed by atoms with Gasteiger partial charge >= 0.3 is 0 Å². The van der Waals surface area contributed by atoms with Crippen LogP contribution in [0, 0.1) is 0 Å². The molecule has 1 aliphatic heterocycles. The third-order valence-electron chi connectivity index (χ3n) is 3.38. The van der Waals surface area contributed by atoms with Crippen LogP contribution in [0.3, 0.4) is 0 Å². The zero-order chi connectivity index (χ0) is 14.2. The number of thiocarbonyl (C=S) groups is 1. The number of hydrogen-bond donors (Lipinski definition) is 1. The number of likely N-dealkylation sites (tertiary alicyclic amines) is 1. The second kappa shape index (κ2) is 7.89. The minimum Gasteiger partial charge on any atom is -0.348 e. The Morgan fingerprint density at radius 3 is 2.70 bits per heavy atom. The predicted octanol–water partition coefficient (Wildman–Crippen LogP) is 2.34. The highest BCUT2D eigenvalue weighted by molar-refractivity contribution is 7.80. The Bertz CT molecular complexity index is 452. The minimum absolute atomic E-state index is 0.710. The first kappa shape index (κ1) is 14.8. The molecule has 1 fully saturated rings. The number of aromatic nitrogens is 2.